The summed E-state index contributed by atoms with van der Waals surface area (Å²) in [4.78, 5) is 3.96. The van der Waals surface area contributed by atoms with Gasteiger partial charge in [0.2, 0.25) is 0 Å². The van der Waals surface area contributed by atoms with E-state index in [2.05, 4.69) is 24.1 Å². The molecule has 0 aromatic carbocycles. The summed E-state index contributed by atoms with van der Waals surface area (Å²) in [7, 11) is 0. The molecule has 1 rings (SSSR count). The normalized spacial score (nSPS) is 12.8. The van der Waals surface area contributed by atoms with Gasteiger partial charge in [0, 0.05) is 24.6 Å². The van der Waals surface area contributed by atoms with Crippen LogP contribution in [0.25, 0.3) is 0 Å². The van der Waals surface area contributed by atoms with Crippen molar-refractivity contribution in [2.75, 3.05) is 24.3 Å². The van der Waals surface area contributed by atoms with Crippen molar-refractivity contribution >= 4 is 11.5 Å². The molecular weight excluding hydrogens is 202 g/mol. The van der Waals surface area contributed by atoms with E-state index in [9.17, 15) is 0 Å². The van der Waals surface area contributed by atoms with Crippen molar-refractivity contribution in [1.29, 1.82) is 0 Å². The van der Waals surface area contributed by atoms with Gasteiger partial charge in [0.1, 0.15) is 5.82 Å². The lowest BCUT2D eigenvalue weighted by atomic mass is 10.1. The Morgan fingerprint density at radius 2 is 2.25 bits per heavy atom. The summed E-state index contributed by atoms with van der Waals surface area (Å²) in [5.74, 6) is 1.03. The van der Waals surface area contributed by atoms with Crippen molar-refractivity contribution in [2.24, 2.45) is 5.92 Å². The molecule has 1 unspecified atom stereocenters. The Morgan fingerprint density at radius 3 is 2.81 bits per heavy atom. The molecule has 1 heterocycles. The fourth-order valence-electron chi connectivity index (χ4n) is 1.40. The highest BCUT2D eigenvalue weighted by molar-refractivity contribution is 5.50. The van der Waals surface area contributed by atoms with Crippen LogP contribution in [0.15, 0.2) is 18.3 Å². The van der Waals surface area contributed by atoms with Crippen LogP contribution in [0.5, 0.6) is 0 Å². The van der Waals surface area contributed by atoms with E-state index in [1.807, 2.05) is 19.1 Å². The minimum atomic E-state index is 0.293. The maximum atomic E-state index is 5.63. The molecule has 3 N–H and O–H groups in total. The van der Waals surface area contributed by atoms with Gasteiger partial charge in [-0.3, -0.25) is 0 Å². The number of nitrogens with zero attached hydrogens (tertiary/aromatic N) is 1. The number of aromatic nitrogens is 1. The van der Waals surface area contributed by atoms with E-state index in [4.69, 9.17) is 10.5 Å². The zero-order valence-electron chi connectivity index (χ0n) is 10.2. The molecule has 4 nitrogen and oxygen atoms in total. The first kappa shape index (κ1) is 12.8. The molecule has 0 aliphatic rings. The van der Waals surface area contributed by atoms with Crippen molar-refractivity contribution in [2.45, 2.75) is 26.8 Å². The zero-order chi connectivity index (χ0) is 12.0. The number of hydrogen-bond donors (Lipinski definition) is 2. The first-order valence-electron chi connectivity index (χ1n) is 5.69. The van der Waals surface area contributed by atoms with Crippen molar-refractivity contribution in [3.05, 3.63) is 18.3 Å². The molecule has 16 heavy (non-hydrogen) atoms. The van der Waals surface area contributed by atoms with E-state index in [1.54, 1.807) is 6.20 Å². The number of anilines is 2. The third-order valence-corrected chi connectivity index (χ3v) is 2.44. The minimum absolute atomic E-state index is 0.293. The van der Waals surface area contributed by atoms with Crippen LogP contribution >= 0.6 is 0 Å². The van der Waals surface area contributed by atoms with Gasteiger partial charge < -0.3 is 15.8 Å². The smallest absolute Gasteiger partial charge is 0.125 e. The third-order valence-electron chi connectivity index (χ3n) is 2.44. The maximum absolute atomic E-state index is 5.63. The van der Waals surface area contributed by atoms with Gasteiger partial charge in [-0.1, -0.05) is 13.8 Å². The molecule has 0 aliphatic carbocycles. The molecule has 0 spiro atoms. The average Bonchev–Trinajstić information content (AvgIpc) is 2.24. The van der Waals surface area contributed by atoms with E-state index < -0.39 is 0 Å². The molecule has 0 saturated carbocycles. The molecule has 0 aliphatic heterocycles. The standard InChI is InChI=1S/C12H21N3O/c1-4-16-8-11(9(2)3)15-10-5-6-14-12(13)7-10/h5-7,9,11H,4,8H2,1-3H3,(H3,13,14,15). The maximum Gasteiger partial charge on any atom is 0.125 e. The number of ether oxygens (including phenoxy) is 1. The van der Waals surface area contributed by atoms with Gasteiger partial charge >= 0.3 is 0 Å². The van der Waals surface area contributed by atoms with E-state index in [-0.39, 0.29) is 0 Å². The van der Waals surface area contributed by atoms with Crippen LogP contribution in [0.4, 0.5) is 11.5 Å². The van der Waals surface area contributed by atoms with E-state index in [1.165, 1.54) is 0 Å². The molecule has 0 amide bonds. The zero-order valence-corrected chi connectivity index (χ0v) is 10.2. The highest BCUT2D eigenvalue weighted by Gasteiger charge is 2.13. The molecule has 90 valence electrons. The van der Waals surface area contributed by atoms with Crippen molar-refractivity contribution in [3.63, 3.8) is 0 Å². The number of hydrogen-bond acceptors (Lipinski definition) is 4. The number of nitrogens with one attached hydrogen (secondary N) is 1. The quantitative estimate of drug-likeness (QED) is 0.775. The second-order valence-electron chi connectivity index (χ2n) is 4.12. The number of nitrogen functional groups attached to an aromatic ring is 1. The Bertz CT molecular complexity index is 315. The molecule has 1 aromatic heterocycles. The molecule has 1 aromatic rings. The number of nitrogens with two attached hydrogens (primary N) is 1. The fraction of sp³-hybridized carbons (Fsp3) is 0.583. The third kappa shape index (κ3) is 4.06. The Morgan fingerprint density at radius 1 is 1.50 bits per heavy atom. The number of rotatable bonds is 6. The van der Waals surface area contributed by atoms with Crippen molar-refractivity contribution in [3.8, 4) is 0 Å². The van der Waals surface area contributed by atoms with Crippen LogP contribution in [-0.4, -0.2) is 24.2 Å². The molecule has 4 heteroatoms. The van der Waals surface area contributed by atoms with Gasteiger partial charge in [0.05, 0.1) is 12.6 Å². The SMILES string of the molecule is CCOCC(Nc1ccnc(N)c1)C(C)C. The second-order valence-corrected chi connectivity index (χ2v) is 4.12. The monoisotopic (exact) mass is 223 g/mol. The van der Waals surface area contributed by atoms with Crippen LogP contribution in [-0.2, 0) is 4.74 Å². The molecule has 0 bridgehead atoms. The van der Waals surface area contributed by atoms with Crippen LogP contribution < -0.4 is 11.1 Å². The number of pyridine rings is 1. The summed E-state index contributed by atoms with van der Waals surface area (Å²) >= 11 is 0. The topological polar surface area (TPSA) is 60.2 Å². The van der Waals surface area contributed by atoms with Gasteiger partial charge in [0.25, 0.3) is 0 Å². The van der Waals surface area contributed by atoms with Crippen LogP contribution in [0.2, 0.25) is 0 Å². The van der Waals surface area contributed by atoms with Crippen molar-refractivity contribution < 1.29 is 4.74 Å². The fourth-order valence-corrected chi connectivity index (χ4v) is 1.40. The van der Waals surface area contributed by atoms with Gasteiger partial charge in [0.15, 0.2) is 0 Å². The molecule has 0 radical (unpaired) electrons. The highest BCUT2D eigenvalue weighted by atomic mass is 16.5. The summed E-state index contributed by atoms with van der Waals surface area (Å²) < 4.78 is 5.45. The summed E-state index contributed by atoms with van der Waals surface area (Å²) in [5.41, 5.74) is 6.62. The van der Waals surface area contributed by atoms with Crippen LogP contribution in [0.3, 0.4) is 0 Å². The van der Waals surface area contributed by atoms with Crippen LogP contribution in [0.1, 0.15) is 20.8 Å². The highest BCUT2D eigenvalue weighted by Crippen LogP contribution is 2.14. The largest absolute Gasteiger partial charge is 0.384 e. The van der Waals surface area contributed by atoms with E-state index in [0.717, 1.165) is 12.3 Å². The Hall–Kier alpha value is -1.29. The Balaban J connectivity index is 2.60. The minimum Gasteiger partial charge on any atom is -0.384 e. The van der Waals surface area contributed by atoms with Crippen LogP contribution in [0, 0.1) is 5.92 Å². The van der Waals surface area contributed by atoms with Crippen molar-refractivity contribution in [1.82, 2.24) is 4.98 Å². The summed E-state index contributed by atoms with van der Waals surface area (Å²) in [6, 6.07) is 4.04. The van der Waals surface area contributed by atoms with E-state index >= 15 is 0 Å². The molecule has 1 atom stereocenters. The lowest BCUT2D eigenvalue weighted by molar-refractivity contribution is 0.127. The Labute approximate surface area is 97.2 Å². The van der Waals surface area contributed by atoms with E-state index in [0.29, 0.717) is 24.4 Å². The first-order chi connectivity index (χ1) is 7.63. The predicted octanol–water partition coefficient (Wildman–Crippen LogP) is 2.14. The van der Waals surface area contributed by atoms with Gasteiger partial charge in [-0.05, 0) is 18.9 Å². The second kappa shape index (κ2) is 6.33. The van der Waals surface area contributed by atoms with Gasteiger partial charge in [-0.25, -0.2) is 4.98 Å². The average molecular weight is 223 g/mol. The molecule has 0 saturated heterocycles. The lowest BCUT2D eigenvalue weighted by Crippen LogP contribution is -2.31. The summed E-state index contributed by atoms with van der Waals surface area (Å²) in [6.07, 6.45) is 1.70. The summed E-state index contributed by atoms with van der Waals surface area (Å²) in [6.45, 7) is 7.78. The molecule has 0 fully saturated rings. The molecular formula is C12H21N3O. The lowest BCUT2D eigenvalue weighted by Gasteiger charge is -2.23. The Kier molecular flexibility index (Phi) is 5.05. The summed E-state index contributed by atoms with van der Waals surface area (Å²) in [5, 5.41) is 3.41. The van der Waals surface area contributed by atoms with Gasteiger partial charge in [-0.2, -0.15) is 0 Å². The van der Waals surface area contributed by atoms with Gasteiger partial charge in [-0.15, -0.1) is 0 Å². The predicted molar refractivity (Wildman–Crippen MR) is 67.4 cm³/mol. The first-order valence-corrected chi connectivity index (χ1v) is 5.69.